The third kappa shape index (κ3) is 4.45. The third-order valence-electron chi connectivity index (χ3n) is 2.68. The molecule has 0 heterocycles. The molecular weight excluding hydrogens is 304 g/mol. The summed E-state index contributed by atoms with van der Waals surface area (Å²) in [5.74, 6) is -0.646. The van der Waals surface area contributed by atoms with Crippen LogP contribution in [0.5, 0.6) is 0 Å². The van der Waals surface area contributed by atoms with Crippen LogP contribution in [0.3, 0.4) is 0 Å². The van der Waals surface area contributed by atoms with Crippen molar-refractivity contribution >= 4 is 27.6 Å². The first kappa shape index (κ1) is 16.9. The standard InChI is InChI=1S/C12H17ClN2O4S/c1-8(14-2)7-15-20(17,18)11-5-9(12(16)19-3)4-10(13)6-11/h4-6,8,14-15H,7H2,1-3H3. The van der Waals surface area contributed by atoms with E-state index in [2.05, 4.69) is 14.8 Å². The Labute approximate surface area is 123 Å². The third-order valence-corrected chi connectivity index (χ3v) is 4.30. The van der Waals surface area contributed by atoms with Gasteiger partial charge in [0.25, 0.3) is 0 Å². The number of rotatable bonds is 6. The number of carbonyl (C=O) groups excluding carboxylic acids is 1. The number of sulfonamides is 1. The molecule has 0 saturated carbocycles. The molecule has 0 bridgehead atoms. The van der Waals surface area contributed by atoms with Crippen LogP contribution >= 0.6 is 11.6 Å². The molecule has 0 aliphatic rings. The van der Waals surface area contributed by atoms with Crippen molar-refractivity contribution in [1.29, 1.82) is 0 Å². The maximum Gasteiger partial charge on any atom is 0.337 e. The minimum absolute atomic E-state index is 0.0240. The largest absolute Gasteiger partial charge is 0.465 e. The summed E-state index contributed by atoms with van der Waals surface area (Å²) in [5, 5.41) is 3.06. The van der Waals surface area contributed by atoms with Crippen LogP contribution in [0.1, 0.15) is 17.3 Å². The number of carbonyl (C=O) groups is 1. The number of hydrogen-bond donors (Lipinski definition) is 2. The molecule has 0 saturated heterocycles. The molecule has 0 radical (unpaired) electrons. The number of likely N-dealkylation sites (N-methyl/N-ethyl adjacent to an activating group) is 1. The Kier molecular flexibility index (Phi) is 5.94. The van der Waals surface area contributed by atoms with E-state index in [0.29, 0.717) is 0 Å². The number of nitrogens with one attached hydrogen (secondary N) is 2. The van der Waals surface area contributed by atoms with E-state index in [4.69, 9.17) is 11.6 Å². The van der Waals surface area contributed by atoms with Gasteiger partial charge in [0.2, 0.25) is 10.0 Å². The molecule has 1 atom stereocenters. The van der Waals surface area contributed by atoms with Crippen LogP contribution in [-0.2, 0) is 14.8 Å². The molecule has 1 rings (SSSR count). The van der Waals surface area contributed by atoms with Gasteiger partial charge < -0.3 is 10.1 Å². The second kappa shape index (κ2) is 7.03. The molecule has 1 aromatic carbocycles. The van der Waals surface area contributed by atoms with Gasteiger partial charge in [-0.25, -0.2) is 17.9 Å². The van der Waals surface area contributed by atoms with Gasteiger partial charge in [-0.3, -0.25) is 0 Å². The Morgan fingerprint density at radius 2 is 2.05 bits per heavy atom. The van der Waals surface area contributed by atoms with Gasteiger partial charge in [-0.1, -0.05) is 11.6 Å². The molecule has 6 nitrogen and oxygen atoms in total. The summed E-state index contributed by atoms with van der Waals surface area (Å²) in [7, 11) is -0.792. The van der Waals surface area contributed by atoms with Crippen LogP contribution in [0.15, 0.2) is 23.1 Å². The Morgan fingerprint density at radius 3 is 2.60 bits per heavy atom. The second-order valence-electron chi connectivity index (χ2n) is 4.21. The lowest BCUT2D eigenvalue weighted by Crippen LogP contribution is -2.37. The fraction of sp³-hybridized carbons (Fsp3) is 0.417. The van der Waals surface area contributed by atoms with Crippen LogP contribution < -0.4 is 10.0 Å². The van der Waals surface area contributed by atoms with Crippen molar-refractivity contribution in [3.05, 3.63) is 28.8 Å². The van der Waals surface area contributed by atoms with E-state index in [0.717, 1.165) is 0 Å². The Morgan fingerprint density at radius 1 is 1.40 bits per heavy atom. The summed E-state index contributed by atoms with van der Waals surface area (Å²) >= 11 is 5.83. The first-order valence-corrected chi connectivity index (χ1v) is 7.72. The van der Waals surface area contributed by atoms with Gasteiger partial charge in [-0.2, -0.15) is 0 Å². The quantitative estimate of drug-likeness (QED) is 0.764. The van der Waals surface area contributed by atoms with Gasteiger partial charge in [0.05, 0.1) is 17.6 Å². The van der Waals surface area contributed by atoms with Crippen LogP contribution in [-0.4, -0.2) is 41.1 Å². The number of methoxy groups -OCH3 is 1. The topological polar surface area (TPSA) is 84.5 Å². The lowest BCUT2D eigenvalue weighted by Gasteiger charge is -2.12. The van der Waals surface area contributed by atoms with Crippen LogP contribution in [0.2, 0.25) is 5.02 Å². The first-order valence-electron chi connectivity index (χ1n) is 5.86. The second-order valence-corrected chi connectivity index (χ2v) is 6.41. The van der Waals surface area contributed by atoms with Crippen LogP contribution in [0, 0.1) is 0 Å². The molecule has 20 heavy (non-hydrogen) atoms. The van der Waals surface area contributed by atoms with E-state index in [9.17, 15) is 13.2 Å². The number of benzene rings is 1. The lowest BCUT2D eigenvalue weighted by molar-refractivity contribution is 0.0600. The Balaban J connectivity index is 3.06. The fourth-order valence-electron chi connectivity index (χ4n) is 1.37. The van der Waals surface area contributed by atoms with Crippen molar-refractivity contribution in [3.8, 4) is 0 Å². The predicted molar refractivity (Wildman–Crippen MR) is 76.5 cm³/mol. The van der Waals surface area contributed by atoms with Gasteiger partial charge in [0.1, 0.15) is 0 Å². The number of hydrogen-bond acceptors (Lipinski definition) is 5. The van der Waals surface area contributed by atoms with Gasteiger partial charge in [-0.15, -0.1) is 0 Å². The SMILES string of the molecule is CNC(C)CNS(=O)(=O)c1cc(Cl)cc(C(=O)OC)c1. The van der Waals surface area contributed by atoms with Crippen molar-refractivity contribution in [2.75, 3.05) is 20.7 Å². The number of halogens is 1. The van der Waals surface area contributed by atoms with E-state index in [1.54, 1.807) is 7.05 Å². The Hall–Kier alpha value is -1.15. The van der Waals surface area contributed by atoms with Crippen molar-refractivity contribution in [2.45, 2.75) is 17.9 Å². The highest BCUT2D eigenvalue weighted by molar-refractivity contribution is 7.89. The van der Waals surface area contributed by atoms with Crippen molar-refractivity contribution in [3.63, 3.8) is 0 Å². The van der Waals surface area contributed by atoms with Gasteiger partial charge in [0, 0.05) is 17.6 Å². The number of ether oxygens (including phenoxy) is 1. The van der Waals surface area contributed by atoms with Crippen molar-refractivity contribution in [2.24, 2.45) is 0 Å². The van der Waals surface area contributed by atoms with Gasteiger partial charge in [-0.05, 0) is 32.2 Å². The van der Waals surface area contributed by atoms with Gasteiger partial charge in [0.15, 0.2) is 0 Å². The zero-order valence-electron chi connectivity index (χ0n) is 11.4. The average Bonchev–Trinajstić information content (AvgIpc) is 2.43. The average molecular weight is 321 g/mol. The van der Waals surface area contributed by atoms with E-state index in [-0.39, 0.29) is 28.1 Å². The Bertz CT molecular complexity index is 589. The summed E-state index contributed by atoms with van der Waals surface area (Å²) < 4.78 is 31.2. The molecule has 0 amide bonds. The van der Waals surface area contributed by atoms with E-state index in [1.807, 2.05) is 6.92 Å². The van der Waals surface area contributed by atoms with Crippen molar-refractivity contribution in [1.82, 2.24) is 10.0 Å². The zero-order valence-corrected chi connectivity index (χ0v) is 13.0. The maximum absolute atomic E-state index is 12.1. The molecule has 112 valence electrons. The molecule has 0 aromatic heterocycles. The molecule has 1 unspecified atom stereocenters. The molecular formula is C12H17ClN2O4S. The molecule has 2 N–H and O–H groups in total. The molecule has 8 heteroatoms. The highest BCUT2D eigenvalue weighted by Crippen LogP contribution is 2.19. The summed E-state index contributed by atoms with van der Waals surface area (Å²) in [4.78, 5) is 11.4. The van der Waals surface area contributed by atoms with Crippen molar-refractivity contribution < 1.29 is 17.9 Å². The summed E-state index contributed by atoms with van der Waals surface area (Å²) in [6, 6.07) is 3.83. The first-order chi connectivity index (χ1) is 9.30. The van der Waals surface area contributed by atoms with E-state index < -0.39 is 16.0 Å². The number of esters is 1. The minimum Gasteiger partial charge on any atom is -0.465 e. The molecule has 0 aliphatic heterocycles. The fourth-order valence-corrected chi connectivity index (χ4v) is 2.87. The normalized spacial score (nSPS) is 13.0. The molecule has 0 aliphatic carbocycles. The predicted octanol–water partition coefficient (Wildman–Crippen LogP) is 1.01. The highest BCUT2D eigenvalue weighted by atomic mass is 35.5. The summed E-state index contributed by atoms with van der Waals surface area (Å²) in [6.45, 7) is 2.05. The maximum atomic E-state index is 12.1. The van der Waals surface area contributed by atoms with E-state index >= 15 is 0 Å². The lowest BCUT2D eigenvalue weighted by atomic mass is 10.2. The summed E-state index contributed by atoms with van der Waals surface area (Å²) in [6.07, 6.45) is 0. The monoisotopic (exact) mass is 320 g/mol. The van der Waals surface area contributed by atoms with Gasteiger partial charge >= 0.3 is 5.97 Å². The zero-order chi connectivity index (χ0) is 15.3. The summed E-state index contributed by atoms with van der Waals surface area (Å²) in [5.41, 5.74) is 0.0852. The molecule has 0 fully saturated rings. The minimum atomic E-state index is -3.73. The van der Waals surface area contributed by atoms with Crippen LogP contribution in [0.25, 0.3) is 0 Å². The highest BCUT2D eigenvalue weighted by Gasteiger charge is 2.18. The van der Waals surface area contributed by atoms with E-state index in [1.165, 1.54) is 25.3 Å². The smallest absolute Gasteiger partial charge is 0.337 e. The molecule has 1 aromatic rings. The molecule has 0 spiro atoms. The van der Waals surface area contributed by atoms with Crippen LogP contribution in [0.4, 0.5) is 0 Å².